The van der Waals surface area contributed by atoms with Crippen molar-refractivity contribution in [1.29, 1.82) is 0 Å². The Labute approximate surface area is 168 Å². The van der Waals surface area contributed by atoms with Crippen molar-refractivity contribution in [1.82, 2.24) is 4.90 Å². The first-order valence-corrected chi connectivity index (χ1v) is 8.96. The monoisotopic (exact) mass is 404 g/mol. The summed E-state index contributed by atoms with van der Waals surface area (Å²) in [5.41, 5.74) is 0.877. The van der Waals surface area contributed by atoms with E-state index in [0.717, 1.165) is 0 Å². The fraction of sp³-hybridized carbons (Fsp3) is 0.250. The van der Waals surface area contributed by atoms with E-state index in [2.05, 4.69) is 5.32 Å². The van der Waals surface area contributed by atoms with Gasteiger partial charge in [0.15, 0.2) is 6.61 Å². The van der Waals surface area contributed by atoms with Gasteiger partial charge in [-0.15, -0.1) is 0 Å². The van der Waals surface area contributed by atoms with E-state index >= 15 is 0 Å². The van der Waals surface area contributed by atoms with Crippen molar-refractivity contribution in [2.45, 2.75) is 6.92 Å². The van der Waals surface area contributed by atoms with Gasteiger partial charge in [-0.05, 0) is 43.3 Å². The average Bonchev–Trinajstić information content (AvgIpc) is 2.68. The van der Waals surface area contributed by atoms with Crippen molar-refractivity contribution >= 4 is 35.1 Å². The minimum Gasteiger partial charge on any atom is -0.484 e. The molecule has 0 fully saturated rings. The van der Waals surface area contributed by atoms with Crippen LogP contribution in [0.1, 0.15) is 17.3 Å². The van der Waals surface area contributed by atoms with Gasteiger partial charge in [0.25, 0.3) is 5.91 Å². The van der Waals surface area contributed by atoms with E-state index in [1.165, 1.54) is 11.9 Å². The zero-order chi connectivity index (χ0) is 20.5. The van der Waals surface area contributed by atoms with Crippen LogP contribution >= 0.6 is 11.6 Å². The SMILES string of the molecule is CCOC(=O)c1ccc(OCC(=O)N(C)CC(=O)Nc2ccccc2Cl)cc1. The summed E-state index contributed by atoms with van der Waals surface area (Å²) in [4.78, 5) is 37.1. The molecule has 0 bridgehead atoms. The Morgan fingerprint density at radius 1 is 1.07 bits per heavy atom. The van der Waals surface area contributed by atoms with Crippen molar-refractivity contribution in [3.63, 3.8) is 0 Å². The molecule has 0 unspecified atom stereocenters. The van der Waals surface area contributed by atoms with Gasteiger partial charge in [-0.1, -0.05) is 23.7 Å². The lowest BCUT2D eigenvalue weighted by Gasteiger charge is -2.17. The van der Waals surface area contributed by atoms with E-state index < -0.39 is 5.97 Å². The van der Waals surface area contributed by atoms with Crippen LogP contribution in [-0.4, -0.2) is 49.5 Å². The predicted octanol–water partition coefficient (Wildman–Crippen LogP) is 2.99. The van der Waals surface area contributed by atoms with E-state index in [9.17, 15) is 14.4 Å². The average molecular weight is 405 g/mol. The van der Waals surface area contributed by atoms with Crippen LogP contribution in [0.5, 0.6) is 5.75 Å². The number of esters is 1. The number of benzene rings is 2. The Hall–Kier alpha value is -3.06. The Bertz CT molecular complexity index is 839. The van der Waals surface area contributed by atoms with Crippen LogP contribution in [0.2, 0.25) is 5.02 Å². The minimum absolute atomic E-state index is 0.144. The molecule has 0 aliphatic rings. The van der Waals surface area contributed by atoms with Crippen LogP contribution in [0.25, 0.3) is 0 Å². The molecule has 0 heterocycles. The first-order chi connectivity index (χ1) is 13.4. The highest BCUT2D eigenvalue weighted by molar-refractivity contribution is 6.33. The summed E-state index contributed by atoms with van der Waals surface area (Å²) in [5, 5.41) is 3.06. The zero-order valence-corrected chi connectivity index (χ0v) is 16.4. The van der Waals surface area contributed by atoms with Crippen LogP contribution < -0.4 is 10.1 Å². The number of hydrogen-bond donors (Lipinski definition) is 1. The molecule has 0 saturated carbocycles. The lowest BCUT2D eigenvalue weighted by Crippen LogP contribution is -2.37. The van der Waals surface area contributed by atoms with Gasteiger partial charge < -0.3 is 19.7 Å². The van der Waals surface area contributed by atoms with Gasteiger partial charge >= 0.3 is 5.97 Å². The summed E-state index contributed by atoms with van der Waals surface area (Å²) < 4.78 is 10.3. The third-order valence-electron chi connectivity index (χ3n) is 3.68. The number of rotatable bonds is 8. The van der Waals surface area contributed by atoms with Crippen LogP contribution in [0.4, 0.5) is 5.69 Å². The maximum atomic E-state index is 12.2. The van der Waals surface area contributed by atoms with Crippen molar-refractivity contribution < 1.29 is 23.9 Å². The molecular weight excluding hydrogens is 384 g/mol. The molecule has 0 aliphatic carbocycles. The maximum Gasteiger partial charge on any atom is 0.338 e. The zero-order valence-electron chi connectivity index (χ0n) is 15.6. The number of carbonyl (C=O) groups is 3. The van der Waals surface area contributed by atoms with Gasteiger partial charge in [0, 0.05) is 7.05 Å². The largest absolute Gasteiger partial charge is 0.484 e. The van der Waals surface area contributed by atoms with E-state index in [1.807, 2.05) is 0 Å². The van der Waals surface area contributed by atoms with Gasteiger partial charge in [-0.3, -0.25) is 9.59 Å². The topological polar surface area (TPSA) is 84.9 Å². The summed E-state index contributed by atoms with van der Waals surface area (Å²) in [6, 6.07) is 13.1. The highest BCUT2D eigenvalue weighted by Gasteiger charge is 2.15. The number of amides is 2. The molecule has 1 N–H and O–H groups in total. The smallest absolute Gasteiger partial charge is 0.338 e. The Kier molecular flexibility index (Phi) is 7.83. The molecule has 0 aromatic heterocycles. The molecule has 2 aromatic rings. The Morgan fingerprint density at radius 3 is 2.39 bits per heavy atom. The number of nitrogens with one attached hydrogen (secondary N) is 1. The van der Waals surface area contributed by atoms with Crippen molar-refractivity contribution in [2.24, 2.45) is 0 Å². The number of para-hydroxylation sites is 1. The van der Waals surface area contributed by atoms with Gasteiger partial charge in [-0.25, -0.2) is 4.79 Å². The van der Waals surface area contributed by atoms with Crippen molar-refractivity contribution in [2.75, 3.05) is 32.1 Å². The van der Waals surface area contributed by atoms with Crippen LogP contribution in [0.15, 0.2) is 48.5 Å². The molecule has 0 aliphatic heterocycles. The van der Waals surface area contributed by atoms with Crippen LogP contribution in [0, 0.1) is 0 Å². The van der Waals surface area contributed by atoms with E-state index in [4.69, 9.17) is 21.1 Å². The molecule has 0 radical (unpaired) electrons. The normalized spacial score (nSPS) is 10.1. The standard InChI is InChI=1S/C20H21ClN2O5/c1-3-27-20(26)14-8-10-15(11-9-14)28-13-19(25)23(2)12-18(24)22-17-7-5-4-6-16(17)21/h4-11H,3,12-13H2,1-2H3,(H,22,24). The number of nitrogens with zero attached hydrogens (tertiary/aromatic N) is 1. The number of ether oxygens (including phenoxy) is 2. The van der Waals surface area contributed by atoms with Gasteiger partial charge in [-0.2, -0.15) is 0 Å². The number of hydrogen-bond acceptors (Lipinski definition) is 5. The summed E-state index contributed by atoms with van der Waals surface area (Å²) in [6.45, 7) is 1.64. The quantitative estimate of drug-likeness (QED) is 0.683. The number of anilines is 1. The first kappa shape index (κ1) is 21.2. The van der Waals surface area contributed by atoms with Crippen molar-refractivity contribution in [3.05, 3.63) is 59.1 Å². The van der Waals surface area contributed by atoms with E-state index in [-0.39, 0.29) is 25.0 Å². The molecule has 148 valence electrons. The first-order valence-electron chi connectivity index (χ1n) is 8.59. The van der Waals surface area contributed by atoms with Gasteiger partial charge in [0.05, 0.1) is 29.4 Å². The van der Waals surface area contributed by atoms with Gasteiger partial charge in [0.2, 0.25) is 5.91 Å². The van der Waals surface area contributed by atoms with Gasteiger partial charge in [0.1, 0.15) is 5.75 Å². The van der Waals surface area contributed by atoms with Crippen LogP contribution in [-0.2, 0) is 14.3 Å². The number of halogens is 1. The summed E-state index contributed by atoms with van der Waals surface area (Å²) >= 11 is 5.99. The second-order valence-electron chi connectivity index (χ2n) is 5.81. The third kappa shape index (κ3) is 6.28. The summed E-state index contributed by atoms with van der Waals surface area (Å²) in [6.07, 6.45) is 0. The lowest BCUT2D eigenvalue weighted by molar-refractivity contribution is -0.135. The van der Waals surface area contributed by atoms with E-state index in [0.29, 0.717) is 28.6 Å². The number of carbonyl (C=O) groups excluding carboxylic acids is 3. The molecule has 2 amide bonds. The highest BCUT2D eigenvalue weighted by atomic mass is 35.5. The second kappa shape index (κ2) is 10.3. The molecule has 2 aromatic carbocycles. The van der Waals surface area contributed by atoms with Crippen molar-refractivity contribution in [3.8, 4) is 5.75 Å². The third-order valence-corrected chi connectivity index (χ3v) is 4.01. The fourth-order valence-electron chi connectivity index (χ4n) is 2.21. The molecule has 8 heteroatoms. The summed E-state index contributed by atoms with van der Waals surface area (Å²) in [7, 11) is 1.50. The minimum atomic E-state index is -0.422. The number of likely N-dealkylation sites (N-methyl/N-ethyl adjacent to an activating group) is 1. The Balaban J connectivity index is 1.81. The molecule has 7 nitrogen and oxygen atoms in total. The predicted molar refractivity (Wildman–Crippen MR) is 106 cm³/mol. The lowest BCUT2D eigenvalue weighted by atomic mass is 10.2. The molecule has 0 spiro atoms. The highest BCUT2D eigenvalue weighted by Crippen LogP contribution is 2.20. The molecule has 28 heavy (non-hydrogen) atoms. The van der Waals surface area contributed by atoms with Crippen LogP contribution in [0.3, 0.4) is 0 Å². The van der Waals surface area contributed by atoms with E-state index in [1.54, 1.807) is 55.5 Å². The Morgan fingerprint density at radius 2 is 1.75 bits per heavy atom. The molecule has 2 rings (SSSR count). The molecule has 0 saturated heterocycles. The molecule has 0 atom stereocenters. The second-order valence-corrected chi connectivity index (χ2v) is 6.22. The fourth-order valence-corrected chi connectivity index (χ4v) is 2.40. The maximum absolute atomic E-state index is 12.2. The summed E-state index contributed by atoms with van der Waals surface area (Å²) in [5.74, 6) is -0.740. The molecular formula is C20H21ClN2O5.